The molecule has 3 aliphatic rings. The highest BCUT2D eigenvalue weighted by atomic mass is 32.1. The zero-order valence-corrected chi connectivity index (χ0v) is 16.8. The Bertz CT molecular complexity index is 734. The van der Waals surface area contributed by atoms with Gasteiger partial charge in [0.05, 0.1) is 12.1 Å². The quantitative estimate of drug-likeness (QED) is 0.663. The normalized spacial score (nSPS) is 24.8. The van der Waals surface area contributed by atoms with Gasteiger partial charge in [-0.25, -0.2) is 0 Å². The average Bonchev–Trinajstić information content (AvgIpc) is 3.16. The number of carbonyl (C=O) groups is 1. The molecule has 1 aromatic rings. The lowest BCUT2D eigenvalue weighted by Crippen LogP contribution is -2.39. The minimum absolute atomic E-state index is 0.0925. The van der Waals surface area contributed by atoms with Crippen LogP contribution in [-0.4, -0.2) is 48.1 Å². The van der Waals surface area contributed by atoms with E-state index >= 15 is 0 Å². The van der Waals surface area contributed by atoms with E-state index in [9.17, 15) is 18.0 Å². The van der Waals surface area contributed by atoms with E-state index in [2.05, 4.69) is 6.08 Å². The van der Waals surface area contributed by atoms with Gasteiger partial charge in [-0.2, -0.15) is 13.2 Å². The fourth-order valence-electron chi connectivity index (χ4n) is 4.86. The largest absolute Gasteiger partial charge is 0.401 e. The first kappa shape index (κ1) is 20.0. The number of halogens is 3. The molecular formula is C21H27F3N2OS. The van der Waals surface area contributed by atoms with Crippen molar-refractivity contribution >= 4 is 17.2 Å². The molecule has 2 saturated heterocycles. The SMILES string of the molecule is O=C(c1csc(C2CCN(CC(F)(F)F)CC2)c1)N1CCCC2CCCC=C21. The molecule has 1 unspecified atom stereocenters. The lowest BCUT2D eigenvalue weighted by Gasteiger charge is -2.37. The van der Waals surface area contributed by atoms with Crippen molar-refractivity contribution in [2.45, 2.75) is 57.0 Å². The van der Waals surface area contributed by atoms with E-state index in [1.165, 1.54) is 29.9 Å². The predicted octanol–water partition coefficient (Wildman–Crippen LogP) is 5.41. The second kappa shape index (κ2) is 8.19. The second-order valence-electron chi connectivity index (χ2n) is 8.26. The number of piperidine rings is 2. The summed E-state index contributed by atoms with van der Waals surface area (Å²) in [6.07, 6.45) is 5.25. The monoisotopic (exact) mass is 412 g/mol. The number of thiophene rings is 1. The van der Waals surface area contributed by atoms with Crippen LogP contribution in [0.5, 0.6) is 0 Å². The van der Waals surface area contributed by atoms with E-state index in [0.717, 1.165) is 42.7 Å². The molecule has 4 rings (SSSR count). The summed E-state index contributed by atoms with van der Waals surface area (Å²) in [7, 11) is 0. The third kappa shape index (κ3) is 4.46. The minimum atomic E-state index is -4.13. The molecule has 3 nitrogen and oxygen atoms in total. The topological polar surface area (TPSA) is 23.6 Å². The van der Waals surface area contributed by atoms with Crippen molar-refractivity contribution < 1.29 is 18.0 Å². The van der Waals surface area contributed by atoms with Crippen molar-refractivity contribution in [3.05, 3.63) is 33.7 Å². The summed E-state index contributed by atoms with van der Waals surface area (Å²) >= 11 is 1.58. The van der Waals surface area contributed by atoms with E-state index in [-0.39, 0.29) is 11.8 Å². The molecule has 3 heterocycles. The standard InChI is InChI=1S/C21H27F3N2OS/c22-21(23,24)14-25-10-7-16(8-11-25)19-12-17(13-28-19)20(27)26-9-3-5-15-4-1-2-6-18(15)26/h6,12-13,15-16H,1-5,7-11,14H2. The summed E-state index contributed by atoms with van der Waals surface area (Å²) in [4.78, 5) is 17.7. The molecule has 0 aromatic carbocycles. The number of rotatable bonds is 3. The molecule has 7 heteroatoms. The minimum Gasteiger partial charge on any atom is -0.312 e. The van der Waals surface area contributed by atoms with E-state index < -0.39 is 12.7 Å². The maximum Gasteiger partial charge on any atom is 0.401 e. The van der Waals surface area contributed by atoms with Crippen molar-refractivity contribution in [3.8, 4) is 0 Å². The Morgan fingerprint density at radius 2 is 1.82 bits per heavy atom. The molecule has 1 amide bonds. The van der Waals surface area contributed by atoms with Crippen LogP contribution in [0.3, 0.4) is 0 Å². The van der Waals surface area contributed by atoms with Gasteiger partial charge in [-0.15, -0.1) is 11.3 Å². The number of carbonyl (C=O) groups excluding carboxylic acids is 1. The van der Waals surface area contributed by atoms with Crippen molar-refractivity contribution in [1.29, 1.82) is 0 Å². The molecule has 28 heavy (non-hydrogen) atoms. The van der Waals surface area contributed by atoms with Gasteiger partial charge in [0.15, 0.2) is 0 Å². The zero-order chi connectivity index (χ0) is 19.7. The van der Waals surface area contributed by atoms with Gasteiger partial charge in [-0.1, -0.05) is 6.08 Å². The summed E-state index contributed by atoms with van der Waals surface area (Å²) < 4.78 is 37.7. The van der Waals surface area contributed by atoms with Crippen LogP contribution in [0.4, 0.5) is 13.2 Å². The lowest BCUT2D eigenvalue weighted by molar-refractivity contribution is -0.147. The summed E-state index contributed by atoms with van der Waals surface area (Å²) in [6, 6.07) is 1.99. The second-order valence-corrected chi connectivity index (χ2v) is 9.20. The molecule has 1 aliphatic carbocycles. The average molecular weight is 413 g/mol. The Morgan fingerprint density at radius 3 is 2.57 bits per heavy atom. The van der Waals surface area contributed by atoms with Crippen LogP contribution in [0.2, 0.25) is 0 Å². The maximum absolute atomic E-state index is 13.1. The number of alkyl halides is 3. The fourth-order valence-corrected chi connectivity index (χ4v) is 5.91. The molecule has 2 fully saturated rings. The molecule has 154 valence electrons. The lowest BCUT2D eigenvalue weighted by atomic mass is 9.84. The molecule has 1 atom stereocenters. The smallest absolute Gasteiger partial charge is 0.312 e. The van der Waals surface area contributed by atoms with Crippen LogP contribution >= 0.6 is 11.3 Å². The van der Waals surface area contributed by atoms with Gasteiger partial charge < -0.3 is 4.90 Å². The predicted molar refractivity (Wildman–Crippen MR) is 104 cm³/mol. The highest BCUT2D eigenvalue weighted by Gasteiger charge is 2.34. The number of nitrogens with zero attached hydrogens (tertiary/aromatic N) is 2. The van der Waals surface area contributed by atoms with Gasteiger partial charge in [0.2, 0.25) is 0 Å². The highest BCUT2D eigenvalue weighted by molar-refractivity contribution is 7.10. The number of allylic oxidation sites excluding steroid dienone is 2. The number of likely N-dealkylation sites (tertiary alicyclic amines) is 2. The number of hydrogen-bond acceptors (Lipinski definition) is 3. The molecule has 0 N–H and O–H groups in total. The third-order valence-electron chi connectivity index (χ3n) is 6.28. The van der Waals surface area contributed by atoms with Crippen molar-refractivity contribution in [3.63, 3.8) is 0 Å². The molecule has 0 bridgehead atoms. The van der Waals surface area contributed by atoms with E-state index in [0.29, 0.717) is 19.0 Å². The summed E-state index contributed by atoms with van der Waals surface area (Å²) in [6.45, 7) is 0.902. The highest BCUT2D eigenvalue weighted by Crippen LogP contribution is 2.37. The van der Waals surface area contributed by atoms with E-state index in [1.807, 2.05) is 16.3 Å². The fraction of sp³-hybridized carbons (Fsp3) is 0.667. The first-order chi connectivity index (χ1) is 13.4. The maximum atomic E-state index is 13.1. The van der Waals surface area contributed by atoms with E-state index in [1.54, 1.807) is 11.3 Å². The third-order valence-corrected chi connectivity index (χ3v) is 7.37. The van der Waals surface area contributed by atoms with Gasteiger partial charge in [0.1, 0.15) is 0 Å². The molecule has 2 aliphatic heterocycles. The van der Waals surface area contributed by atoms with Crippen LogP contribution in [0.25, 0.3) is 0 Å². The molecule has 0 spiro atoms. The Balaban J connectivity index is 1.39. The number of amides is 1. The Labute approximate surface area is 168 Å². The first-order valence-electron chi connectivity index (χ1n) is 10.3. The van der Waals surface area contributed by atoms with Gasteiger partial charge in [-0.3, -0.25) is 9.69 Å². The van der Waals surface area contributed by atoms with Crippen LogP contribution < -0.4 is 0 Å². The zero-order valence-electron chi connectivity index (χ0n) is 16.0. The molecule has 0 saturated carbocycles. The first-order valence-corrected chi connectivity index (χ1v) is 11.2. The summed E-state index contributed by atoms with van der Waals surface area (Å²) in [5.74, 6) is 0.886. The van der Waals surface area contributed by atoms with Crippen molar-refractivity contribution in [1.82, 2.24) is 9.80 Å². The van der Waals surface area contributed by atoms with Gasteiger partial charge in [0, 0.05) is 22.5 Å². The Morgan fingerprint density at radius 1 is 1.07 bits per heavy atom. The van der Waals surface area contributed by atoms with Crippen LogP contribution in [0, 0.1) is 5.92 Å². The van der Waals surface area contributed by atoms with Gasteiger partial charge in [0.25, 0.3) is 5.91 Å². The molecular weight excluding hydrogens is 385 g/mol. The summed E-state index contributed by atoms with van der Waals surface area (Å²) in [5, 5.41) is 1.94. The molecule has 1 aromatic heterocycles. The summed E-state index contributed by atoms with van der Waals surface area (Å²) in [5.41, 5.74) is 1.96. The number of hydrogen-bond donors (Lipinski definition) is 0. The Hall–Kier alpha value is -1.34. The van der Waals surface area contributed by atoms with Gasteiger partial charge >= 0.3 is 6.18 Å². The van der Waals surface area contributed by atoms with Gasteiger partial charge in [-0.05, 0) is 75.9 Å². The Kier molecular flexibility index (Phi) is 5.83. The van der Waals surface area contributed by atoms with Crippen LogP contribution in [-0.2, 0) is 0 Å². The van der Waals surface area contributed by atoms with Crippen LogP contribution in [0.1, 0.15) is 66.1 Å². The molecule has 0 radical (unpaired) electrons. The van der Waals surface area contributed by atoms with E-state index in [4.69, 9.17) is 0 Å². The van der Waals surface area contributed by atoms with Crippen LogP contribution in [0.15, 0.2) is 23.2 Å². The van der Waals surface area contributed by atoms with Crippen molar-refractivity contribution in [2.75, 3.05) is 26.2 Å². The number of fused-ring (bicyclic) bond motifs is 1. The van der Waals surface area contributed by atoms with Crippen molar-refractivity contribution in [2.24, 2.45) is 5.92 Å².